The highest BCUT2D eigenvalue weighted by atomic mass is 19.1. The molecule has 0 spiro atoms. The van der Waals surface area contributed by atoms with Gasteiger partial charge in [0.2, 0.25) is 0 Å². The summed E-state index contributed by atoms with van der Waals surface area (Å²) in [6, 6.07) is 2.95. The fourth-order valence-corrected chi connectivity index (χ4v) is 1.62. The number of nitrogens with one attached hydrogen (secondary N) is 1. The van der Waals surface area contributed by atoms with Gasteiger partial charge in [-0.1, -0.05) is 6.92 Å². The summed E-state index contributed by atoms with van der Waals surface area (Å²) in [4.78, 5) is 12.0. The van der Waals surface area contributed by atoms with Gasteiger partial charge in [0, 0.05) is 18.0 Å². The Bertz CT molecular complexity index is 458. The number of hydrogen-bond donors (Lipinski definition) is 1. The maximum absolute atomic E-state index is 12.8. The van der Waals surface area contributed by atoms with Gasteiger partial charge in [-0.25, -0.2) is 14.4 Å². The van der Waals surface area contributed by atoms with Crippen molar-refractivity contribution in [2.75, 3.05) is 6.54 Å². The van der Waals surface area contributed by atoms with Crippen molar-refractivity contribution < 1.29 is 4.39 Å². The topological polar surface area (TPSA) is 50.7 Å². The van der Waals surface area contributed by atoms with Crippen molar-refractivity contribution in [3.63, 3.8) is 0 Å². The van der Waals surface area contributed by atoms with Gasteiger partial charge in [-0.15, -0.1) is 0 Å². The van der Waals surface area contributed by atoms with Crippen molar-refractivity contribution in [2.45, 2.75) is 13.0 Å². The zero-order chi connectivity index (χ0) is 12.1. The fraction of sp³-hybridized carbons (Fsp3) is 0.250. The standard InChI is InChI=1S/C12H13FN4/c1-2-16-12(9-5-14-8-15-6-9)11-4-3-10(13)7-17-11/h3-8,12,16H,2H2,1H3. The zero-order valence-electron chi connectivity index (χ0n) is 9.47. The highest BCUT2D eigenvalue weighted by Crippen LogP contribution is 2.18. The molecule has 1 N–H and O–H groups in total. The van der Waals surface area contributed by atoms with Gasteiger partial charge in [0.05, 0.1) is 17.9 Å². The number of pyridine rings is 1. The first-order chi connectivity index (χ1) is 8.31. The first-order valence-electron chi connectivity index (χ1n) is 5.41. The van der Waals surface area contributed by atoms with E-state index in [1.54, 1.807) is 18.5 Å². The highest BCUT2D eigenvalue weighted by Gasteiger charge is 2.14. The summed E-state index contributed by atoms with van der Waals surface area (Å²) < 4.78 is 12.8. The molecular weight excluding hydrogens is 219 g/mol. The number of rotatable bonds is 4. The van der Waals surface area contributed by atoms with Crippen LogP contribution in [-0.4, -0.2) is 21.5 Å². The summed E-state index contributed by atoms with van der Waals surface area (Å²) in [6.07, 6.45) is 6.14. The van der Waals surface area contributed by atoms with E-state index < -0.39 is 0 Å². The van der Waals surface area contributed by atoms with Crippen molar-refractivity contribution in [3.8, 4) is 0 Å². The Hall–Kier alpha value is -1.88. The van der Waals surface area contributed by atoms with E-state index in [1.165, 1.54) is 18.6 Å². The van der Waals surface area contributed by atoms with Crippen molar-refractivity contribution in [1.29, 1.82) is 0 Å². The molecular formula is C12H13FN4. The third kappa shape index (κ3) is 2.82. The van der Waals surface area contributed by atoms with E-state index in [2.05, 4.69) is 20.3 Å². The summed E-state index contributed by atoms with van der Waals surface area (Å²) >= 11 is 0. The first-order valence-corrected chi connectivity index (χ1v) is 5.41. The van der Waals surface area contributed by atoms with Gasteiger partial charge in [0.1, 0.15) is 12.1 Å². The van der Waals surface area contributed by atoms with Crippen LogP contribution in [0.4, 0.5) is 4.39 Å². The molecule has 2 aromatic heterocycles. The second kappa shape index (κ2) is 5.45. The Morgan fingerprint density at radius 1 is 1.24 bits per heavy atom. The van der Waals surface area contributed by atoms with Crippen LogP contribution in [0.2, 0.25) is 0 Å². The van der Waals surface area contributed by atoms with Crippen LogP contribution in [-0.2, 0) is 0 Å². The number of halogens is 1. The van der Waals surface area contributed by atoms with E-state index >= 15 is 0 Å². The lowest BCUT2D eigenvalue weighted by Gasteiger charge is -2.16. The van der Waals surface area contributed by atoms with Crippen LogP contribution in [0.5, 0.6) is 0 Å². The van der Waals surface area contributed by atoms with Crippen molar-refractivity contribution in [3.05, 3.63) is 54.1 Å². The molecule has 2 heterocycles. The average Bonchev–Trinajstić information content (AvgIpc) is 2.38. The summed E-state index contributed by atoms with van der Waals surface area (Å²) in [6.45, 7) is 2.78. The first kappa shape index (κ1) is 11.6. The SMILES string of the molecule is CCNC(c1cncnc1)c1ccc(F)cn1. The zero-order valence-corrected chi connectivity index (χ0v) is 9.47. The quantitative estimate of drug-likeness (QED) is 0.871. The van der Waals surface area contributed by atoms with E-state index in [-0.39, 0.29) is 11.9 Å². The van der Waals surface area contributed by atoms with E-state index in [4.69, 9.17) is 0 Å². The van der Waals surface area contributed by atoms with Gasteiger partial charge in [-0.05, 0) is 18.7 Å². The summed E-state index contributed by atoms with van der Waals surface area (Å²) in [5.41, 5.74) is 1.66. The maximum atomic E-state index is 12.8. The normalized spacial score (nSPS) is 12.4. The predicted molar refractivity (Wildman–Crippen MR) is 61.7 cm³/mol. The molecule has 0 aliphatic rings. The maximum Gasteiger partial charge on any atom is 0.141 e. The van der Waals surface area contributed by atoms with Crippen LogP contribution in [0.1, 0.15) is 24.2 Å². The lowest BCUT2D eigenvalue weighted by molar-refractivity contribution is 0.592. The Kier molecular flexibility index (Phi) is 3.72. The fourth-order valence-electron chi connectivity index (χ4n) is 1.62. The smallest absolute Gasteiger partial charge is 0.141 e. The third-order valence-corrected chi connectivity index (χ3v) is 2.37. The molecule has 5 heteroatoms. The van der Waals surface area contributed by atoms with Gasteiger partial charge in [-0.3, -0.25) is 4.98 Å². The lowest BCUT2D eigenvalue weighted by atomic mass is 10.1. The van der Waals surface area contributed by atoms with E-state index in [0.29, 0.717) is 0 Å². The molecule has 2 aromatic rings. The molecule has 1 unspecified atom stereocenters. The van der Waals surface area contributed by atoms with Crippen molar-refractivity contribution in [2.24, 2.45) is 0 Å². The molecule has 0 aliphatic carbocycles. The molecule has 4 nitrogen and oxygen atoms in total. The van der Waals surface area contributed by atoms with Gasteiger partial charge < -0.3 is 5.32 Å². The highest BCUT2D eigenvalue weighted by molar-refractivity contribution is 5.23. The van der Waals surface area contributed by atoms with E-state index in [1.807, 2.05) is 6.92 Å². The Balaban J connectivity index is 2.32. The van der Waals surface area contributed by atoms with Gasteiger partial charge in [-0.2, -0.15) is 0 Å². The molecule has 17 heavy (non-hydrogen) atoms. The minimum absolute atomic E-state index is 0.109. The molecule has 88 valence electrons. The van der Waals surface area contributed by atoms with Crippen LogP contribution in [0.25, 0.3) is 0 Å². The molecule has 0 saturated carbocycles. The molecule has 0 saturated heterocycles. The third-order valence-electron chi connectivity index (χ3n) is 2.37. The summed E-state index contributed by atoms with van der Waals surface area (Å²) in [5, 5.41) is 3.27. The molecule has 2 rings (SSSR count). The Labute approximate surface area is 99.0 Å². The van der Waals surface area contributed by atoms with Crippen LogP contribution in [0.15, 0.2) is 37.1 Å². The molecule has 0 aliphatic heterocycles. The predicted octanol–water partition coefficient (Wildman–Crippen LogP) is 1.71. The molecule has 0 fully saturated rings. The number of aromatic nitrogens is 3. The van der Waals surface area contributed by atoms with E-state index in [0.717, 1.165) is 17.8 Å². The van der Waals surface area contributed by atoms with Gasteiger partial charge in [0.25, 0.3) is 0 Å². The second-order valence-electron chi connectivity index (χ2n) is 3.56. The van der Waals surface area contributed by atoms with Crippen LogP contribution in [0.3, 0.4) is 0 Å². The summed E-state index contributed by atoms with van der Waals surface area (Å²) in [5.74, 6) is -0.340. The van der Waals surface area contributed by atoms with Crippen molar-refractivity contribution >= 4 is 0 Å². The van der Waals surface area contributed by atoms with Crippen LogP contribution >= 0.6 is 0 Å². The largest absolute Gasteiger partial charge is 0.305 e. The lowest BCUT2D eigenvalue weighted by Crippen LogP contribution is -2.23. The van der Waals surface area contributed by atoms with E-state index in [9.17, 15) is 4.39 Å². The minimum atomic E-state index is -0.340. The van der Waals surface area contributed by atoms with Crippen LogP contribution < -0.4 is 5.32 Å². The molecule has 0 radical (unpaired) electrons. The minimum Gasteiger partial charge on any atom is -0.305 e. The van der Waals surface area contributed by atoms with Gasteiger partial charge in [0.15, 0.2) is 0 Å². The molecule has 0 bridgehead atoms. The summed E-state index contributed by atoms with van der Waals surface area (Å²) in [7, 11) is 0. The van der Waals surface area contributed by atoms with Crippen molar-refractivity contribution in [1.82, 2.24) is 20.3 Å². The Morgan fingerprint density at radius 3 is 2.59 bits per heavy atom. The molecule has 0 aromatic carbocycles. The Morgan fingerprint density at radius 2 is 2.00 bits per heavy atom. The average molecular weight is 232 g/mol. The second-order valence-corrected chi connectivity index (χ2v) is 3.56. The number of hydrogen-bond acceptors (Lipinski definition) is 4. The molecule has 1 atom stereocenters. The molecule has 0 amide bonds. The number of nitrogens with zero attached hydrogens (tertiary/aromatic N) is 3. The van der Waals surface area contributed by atoms with Crippen LogP contribution in [0, 0.1) is 5.82 Å². The monoisotopic (exact) mass is 232 g/mol. The van der Waals surface area contributed by atoms with Gasteiger partial charge >= 0.3 is 0 Å².